The summed E-state index contributed by atoms with van der Waals surface area (Å²) in [7, 11) is 0. The molecule has 0 radical (unpaired) electrons. The van der Waals surface area contributed by atoms with Gasteiger partial charge in [-0.2, -0.15) is 0 Å². The zero-order valence-corrected chi connectivity index (χ0v) is 14.6. The van der Waals surface area contributed by atoms with Crippen LogP contribution in [0, 0.1) is 5.92 Å². The number of urea groups is 1. The van der Waals surface area contributed by atoms with E-state index in [1.165, 1.54) is 0 Å². The van der Waals surface area contributed by atoms with E-state index in [1.807, 2.05) is 13.8 Å². The van der Waals surface area contributed by atoms with Crippen LogP contribution in [-0.4, -0.2) is 23.8 Å². The SMILES string of the molecule is CC[C@@H](C)[C@H](NC(N)=O)C(=O)Nc1ccc2c(c1)OC1(CCCC1)O2. The van der Waals surface area contributed by atoms with Crippen molar-refractivity contribution < 1.29 is 19.1 Å². The Hall–Kier alpha value is -2.44. The van der Waals surface area contributed by atoms with Crippen molar-refractivity contribution in [3.63, 3.8) is 0 Å². The monoisotopic (exact) mass is 347 g/mol. The Labute approximate surface area is 147 Å². The van der Waals surface area contributed by atoms with Gasteiger partial charge >= 0.3 is 6.03 Å². The number of anilines is 1. The van der Waals surface area contributed by atoms with E-state index in [1.54, 1.807) is 18.2 Å². The molecule has 1 heterocycles. The Balaban J connectivity index is 1.71. The third kappa shape index (κ3) is 3.65. The quantitative estimate of drug-likeness (QED) is 0.762. The number of nitrogens with two attached hydrogens (primary N) is 1. The lowest BCUT2D eigenvalue weighted by Gasteiger charge is -2.22. The van der Waals surface area contributed by atoms with Gasteiger partial charge in [-0.15, -0.1) is 0 Å². The molecular weight excluding hydrogens is 322 g/mol. The molecule has 3 rings (SSSR count). The third-order valence-electron chi connectivity index (χ3n) is 4.96. The number of rotatable bonds is 5. The number of primary amides is 1. The summed E-state index contributed by atoms with van der Waals surface area (Å²) in [5, 5.41) is 5.34. The summed E-state index contributed by atoms with van der Waals surface area (Å²) in [6.07, 6.45) is 4.67. The van der Waals surface area contributed by atoms with Crippen molar-refractivity contribution in [1.82, 2.24) is 5.32 Å². The highest BCUT2D eigenvalue weighted by molar-refractivity contribution is 5.97. The lowest BCUT2D eigenvalue weighted by Crippen LogP contribution is -2.49. The van der Waals surface area contributed by atoms with Crippen molar-refractivity contribution in [3.05, 3.63) is 18.2 Å². The average Bonchev–Trinajstić information content (AvgIpc) is 3.17. The number of hydrogen-bond acceptors (Lipinski definition) is 4. The van der Waals surface area contributed by atoms with Crippen LogP contribution < -0.4 is 25.8 Å². The second-order valence-electron chi connectivity index (χ2n) is 6.84. The predicted octanol–water partition coefficient (Wildman–Crippen LogP) is 2.75. The van der Waals surface area contributed by atoms with E-state index >= 15 is 0 Å². The summed E-state index contributed by atoms with van der Waals surface area (Å²) in [4.78, 5) is 23.7. The molecule has 0 unspecified atom stereocenters. The van der Waals surface area contributed by atoms with Crippen molar-refractivity contribution in [3.8, 4) is 11.5 Å². The first-order valence-corrected chi connectivity index (χ1v) is 8.81. The summed E-state index contributed by atoms with van der Waals surface area (Å²) in [6.45, 7) is 3.85. The molecule has 2 atom stereocenters. The van der Waals surface area contributed by atoms with E-state index in [0.717, 1.165) is 32.1 Å². The fourth-order valence-corrected chi connectivity index (χ4v) is 3.36. The van der Waals surface area contributed by atoms with Crippen LogP contribution in [0.2, 0.25) is 0 Å². The number of amides is 3. The summed E-state index contributed by atoms with van der Waals surface area (Å²) >= 11 is 0. The number of hydrogen-bond donors (Lipinski definition) is 3. The van der Waals surface area contributed by atoms with Crippen LogP contribution in [0.25, 0.3) is 0 Å². The zero-order chi connectivity index (χ0) is 18.0. The number of fused-ring (bicyclic) bond motifs is 1. The second-order valence-corrected chi connectivity index (χ2v) is 6.84. The summed E-state index contributed by atoms with van der Waals surface area (Å²) in [5.74, 6) is 0.472. The molecule has 1 aromatic rings. The maximum atomic E-state index is 12.5. The highest BCUT2D eigenvalue weighted by Crippen LogP contribution is 2.47. The van der Waals surface area contributed by atoms with Gasteiger partial charge in [0.15, 0.2) is 11.5 Å². The topological polar surface area (TPSA) is 103 Å². The van der Waals surface area contributed by atoms with Gasteiger partial charge in [0.2, 0.25) is 5.91 Å². The number of ether oxygens (including phenoxy) is 2. The zero-order valence-electron chi connectivity index (χ0n) is 14.6. The van der Waals surface area contributed by atoms with Crippen molar-refractivity contribution >= 4 is 17.6 Å². The largest absolute Gasteiger partial charge is 0.448 e. The van der Waals surface area contributed by atoms with E-state index in [0.29, 0.717) is 17.2 Å². The van der Waals surface area contributed by atoms with Crippen LogP contribution in [0.3, 0.4) is 0 Å². The number of carbonyl (C=O) groups is 2. The first-order chi connectivity index (χ1) is 11.9. The maximum Gasteiger partial charge on any atom is 0.312 e. The van der Waals surface area contributed by atoms with E-state index < -0.39 is 17.9 Å². The van der Waals surface area contributed by atoms with Gasteiger partial charge in [-0.25, -0.2) is 4.79 Å². The van der Waals surface area contributed by atoms with Gasteiger partial charge < -0.3 is 25.8 Å². The summed E-state index contributed by atoms with van der Waals surface area (Å²) in [6, 6.07) is 3.94. The predicted molar refractivity (Wildman–Crippen MR) is 93.5 cm³/mol. The molecule has 1 aromatic carbocycles. The van der Waals surface area contributed by atoms with Crippen LogP contribution in [-0.2, 0) is 4.79 Å². The summed E-state index contributed by atoms with van der Waals surface area (Å²) in [5.41, 5.74) is 5.79. The normalized spacial score (nSPS) is 19.4. The maximum absolute atomic E-state index is 12.5. The Morgan fingerprint density at radius 2 is 1.92 bits per heavy atom. The molecule has 136 valence electrons. The molecule has 0 saturated heterocycles. The lowest BCUT2D eigenvalue weighted by atomic mass is 9.98. The Morgan fingerprint density at radius 1 is 1.24 bits per heavy atom. The van der Waals surface area contributed by atoms with Crippen LogP contribution in [0.1, 0.15) is 46.0 Å². The minimum Gasteiger partial charge on any atom is -0.448 e. The Morgan fingerprint density at radius 3 is 2.56 bits per heavy atom. The molecular formula is C18H25N3O4. The molecule has 0 aromatic heterocycles. The van der Waals surface area contributed by atoms with Crippen LogP contribution in [0.4, 0.5) is 10.5 Å². The molecule has 25 heavy (non-hydrogen) atoms. The molecule has 2 aliphatic rings. The molecule has 1 fully saturated rings. The molecule has 1 saturated carbocycles. The van der Waals surface area contributed by atoms with Gasteiger partial charge in [-0.1, -0.05) is 20.3 Å². The second kappa shape index (κ2) is 6.82. The minimum atomic E-state index is -0.714. The summed E-state index contributed by atoms with van der Waals surface area (Å²) < 4.78 is 12.0. The van der Waals surface area contributed by atoms with E-state index in [4.69, 9.17) is 15.2 Å². The van der Waals surface area contributed by atoms with E-state index in [-0.39, 0.29) is 11.8 Å². The van der Waals surface area contributed by atoms with Crippen molar-refractivity contribution in [1.29, 1.82) is 0 Å². The standard InChI is InChI=1S/C18H25N3O4/c1-3-11(2)15(21-17(19)23)16(22)20-12-6-7-13-14(10-12)25-18(24-13)8-4-5-9-18/h6-7,10-11,15H,3-5,8-9H2,1-2H3,(H,20,22)(H3,19,21,23)/t11-,15+/m1/s1. The van der Waals surface area contributed by atoms with Crippen molar-refractivity contribution in [2.24, 2.45) is 11.7 Å². The smallest absolute Gasteiger partial charge is 0.312 e. The van der Waals surface area contributed by atoms with Crippen LogP contribution in [0.15, 0.2) is 18.2 Å². The minimum absolute atomic E-state index is 0.0386. The van der Waals surface area contributed by atoms with Crippen molar-refractivity contribution in [2.75, 3.05) is 5.32 Å². The van der Waals surface area contributed by atoms with Crippen LogP contribution in [0.5, 0.6) is 11.5 Å². The van der Waals surface area contributed by atoms with Crippen LogP contribution >= 0.6 is 0 Å². The Kier molecular flexibility index (Phi) is 4.74. The van der Waals surface area contributed by atoms with Gasteiger partial charge in [-0.3, -0.25) is 4.79 Å². The molecule has 1 spiro atoms. The average molecular weight is 347 g/mol. The number of nitrogens with one attached hydrogen (secondary N) is 2. The fraction of sp³-hybridized carbons (Fsp3) is 0.556. The van der Waals surface area contributed by atoms with Gasteiger partial charge in [0.1, 0.15) is 6.04 Å². The first-order valence-electron chi connectivity index (χ1n) is 8.81. The van der Waals surface area contributed by atoms with Crippen molar-refractivity contribution in [2.45, 2.75) is 57.8 Å². The first kappa shape index (κ1) is 17.4. The third-order valence-corrected chi connectivity index (χ3v) is 4.96. The lowest BCUT2D eigenvalue weighted by molar-refractivity contribution is -0.119. The molecule has 7 nitrogen and oxygen atoms in total. The Bertz CT molecular complexity index is 670. The molecule has 1 aliphatic carbocycles. The van der Waals surface area contributed by atoms with Gasteiger partial charge in [-0.05, 0) is 30.9 Å². The van der Waals surface area contributed by atoms with Gasteiger partial charge in [0.25, 0.3) is 5.79 Å². The molecule has 7 heteroatoms. The fourth-order valence-electron chi connectivity index (χ4n) is 3.36. The molecule has 4 N–H and O–H groups in total. The van der Waals surface area contributed by atoms with Gasteiger partial charge in [0, 0.05) is 24.6 Å². The molecule has 1 aliphatic heterocycles. The number of carbonyl (C=O) groups excluding carboxylic acids is 2. The highest BCUT2D eigenvalue weighted by Gasteiger charge is 2.44. The molecule has 3 amide bonds. The number of benzene rings is 1. The van der Waals surface area contributed by atoms with E-state index in [2.05, 4.69) is 10.6 Å². The van der Waals surface area contributed by atoms with Gasteiger partial charge in [0.05, 0.1) is 0 Å². The highest BCUT2D eigenvalue weighted by atomic mass is 16.7. The van der Waals surface area contributed by atoms with E-state index in [9.17, 15) is 9.59 Å². The molecule has 0 bridgehead atoms.